The highest BCUT2D eigenvalue weighted by molar-refractivity contribution is 8.14. The number of amidine groups is 1. The first kappa shape index (κ1) is 15.2. The van der Waals surface area contributed by atoms with Gasteiger partial charge in [0.25, 0.3) is 0 Å². The third kappa shape index (κ3) is 4.44. The van der Waals surface area contributed by atoms with Gasteiger partial charge in [-0.15, -0.1) is 0 Å². The maximum Gasteiger partial charge on any atom is 0.161 e. The van der Waals surface area contributed by atoms with Crippen molar-refractivity contribution in [2.24, 2.45) is 4.99 Å². The van der Waals surface area contributed by atoms with E-state index in [1.165, 1.54) is 0 Å². The van der Waals surface area contributed by atoms with Gasteiger partial charge in [-0.1, -0.05) is 24.8 Å². The molecule has 1 heterocycles. The molecule has 0 aliphatic carbocycles. The van der Waals surface area contributed by atoms with Crippen LogP contribution in [-0.4, -0.2) is 22.6 Å². The van der Waals surface area contributed by atoms with Crippen LogP contribution >= 0.6 is 11.8 Å². The van der Waals surface area contributed by atoms with Gasteiger partial charge in [0, 0.05) is 17.5 Å². The Morgan fingerprint density at radius 3 is 2.95 bits per heavy atom. The molecule has 0 saturated carbocycles. The quantitative estimate of drug-likeness (QED) is 0.884. The zero-order chi connectivity index (χ0) is 14.6. The first-order valence-electron chi connectivity index (χ1n) is 7.25. The van der Waals surface area contributed by atoms with Crippen LogP contribution in [0.15, 0.2) is 29.3 Å². The lowest BCUT2D eigenvalue weighted by molar-refractivity contribution is 0.217. The Labute approximate surface area is 126 Å². The minimum Gasteiger partial charge on any atom is -0.491 e. The smallest absolute Gasteiger partial charge is 0.161 e. The summed E-state index contributed by atoms with van der Waals surface area (Å²) in [5, 5.41) is 4.40. The third-order valence-electron chi connectivity index (χ3n) is 3.35. The fourth-order valence-electron chi connectivity index (χ4n) is 1.91. The van der Waals surface area contributed by atoms with Crippen molar-refractivity contribution in [3.05, 3.63) is 24.3 Å². The number of hydrogen-bond acceptors (Lipinski definition) is 4. The van der Waals surface area contributed by atoms with Gasteiger partial charge in [0.2, 0.25) is 0 Å². The van der Waals surface area contributed by atoms with Crippen molar-refractivity contribution in [1.82, 2.24) is 0 Å². The molecule has 1 N–H and O–H groups in total. The van der Waals surface area contributed by atoms with Crippen molar-refractivity contribution in [1.29, 1.82) is 0 Å². The van der Waals surface area contributed by atoms with Crippen LogP contribution in [0.1, 0.15) is 40.5 Å². The van der Waals surface area contributed by atoms with E-state index in [1.54, 1.807) is 11.8 Å². The Hall–Kier alpha value is -1.16. The minimum atomic E-state index is 0.0401. The van der Waals surface area contributed by atoms with Crippen LogP contribution in [0.2, 0.25) is 0 Å². The molecule has 2 rings (SSSR count). The molecule has 0 saturated heterocycles. The van der Waals surface area contributed by atoms with Gasteiger partial charge in [-0.3, -0.25) is 4.99 Å². The van der Waals surface area contributed by atoms with Gasteiger partial charge in [0.05, 0.1) is 11.6 Å². The highest BCUT2D eigenvalue weighted by atomic mass is 32.2. The largest absolute Gasteiger partial charge is 0.491 e. The van der Waals surface area contributed by atoms with Crippen LogP contribution in [0, 0.1) is 0 Å². The molecule has 1 aromatic carbocycles. The number of nitrogens with one attached hydrogen (secondary N) is 1. The van der Waals surface area contributed by atoms with E-state index in [9.17, 15) is 0 Å². The normalized spacial score (nSPS) is 19.1. The molecular formula is C16H24N2OS. The lowest BCUT2D eigenvalue weighted by Crippen LogP contribution is -2.27. The number of thioether (sulfide) groups is 1. The standard InChI is InChI=1S/C16H24N2OS/c1-5-12(2)19-14-8-6-7-13(11-14)17-15-18-16(3,4)9-10-20-15/h6-8,11-12H,5,9-10H2,1-4H3,(H,17,18). The Bertz CT molecular complexity index is 485. The van der Waals surface area contributed by atoms with Gasteiger partial charge in [-0.25, -0.2) is 0 Å². The van der Waals surface area contributed by atoms with E-state index >= 15 is 0 Å². The van der Waals surface area contributed by atoms with Gasteiger partial charge in [-0.05, 0) is 45.7 Å². The molecule has 0 bridgehead atoms. The van der Waals surface area contributed by atoms with Gasteiger partial charge < -0.3 is 10.1 Å². The molecular weight excluding hydrogens is 268 g/mol. The maximum absolute atomic E-state index is 5.85. The molecule has 1 aromatic rings. The molecule has 0 aromatic heterocycles. The average Bonchev–Trinajstić information content (AvgIpc) is 2.37. The summed E-state index contributed by atoms with van der Waals surface area (Å²) in [5.41, 5.74) is 1.08. The summed E-state index contributed by atoms with van der Waals surface area (Å²) in [6.45, 7) is 8.57. The van der Waals surface area contributed by atoms with Crippen LogP contribution in [-0.2, 0) is 0 Å². The molecule has 1 aliphatic heterocycles. The molecule has 3 nitrogen and oxygen atoms in total. The molecule has 1 unspecified atom stereocenters. The van der Waals surface area contributed by atoms with Crippen LogP contribution < -0.4 is 10.1 Å². The summed E-state index contributed by atoms with van der Waals surface area (Å²) >= 11 is 1.78. The fraction of sp³-hybridized carbons (Fsp3) is 0.562. The van der Waals surface area contributed by atoms with E-state index in [2.05, 4.69) is 33.0 Å². The average molecular weight is 292 g/mol. The zero-order valence-corrected chi connectivity index (χ0v) is 13.6. The van der Waals surface area contributed by atoms with Crippen molar-refractivity contribution in [3.8, 4) is 5.75 Å². The third-order valence-corrected chi connectivity index (χ3v) is 4.23. The number of hydrogen-bond donors (Lipinski definition) is 1. The molecule has 1 aliphatic rings. The summed E-state index contributed by atoms with van der Waals surface area (Å²) in [6.07, 6.45) is 2.37. The number of benzene rings is 1. The van der Waals surface area contributed by atoms with E-state index in [0.29, 0.717) is 0 Å². The topological polar surface area (TPSA) is 33.6 Å². The lowest BCUT2D eigenvalue weighted by atomic mass is 10.0. The predicted molar refractivity (Wildman–Crippen MR) is 89.0 cm³/mol. The van der Waals surface area contributed by atoms with E-state index < -0.39 is 0 Å². The molecule has 1 atom stereocenters. The Morgan fingerprint density at radius 2 is 2.25 bits per heavy atom. The SMILES string of the molecule is CCC(C)Oc1cccc(NC2=NC(C)(C)CCS2)c1. The molecule has 4 heteroatoms. The van der Waals surface area contributed by atoms with Gasteiger partial charge in [0.1, 0.15) is 5.75 Å². The van der Waals surface area contributed by atoms with Crippen molar-refractivity contribution < 1.29 is 4.74 Å². The maximum atomic E-state index is 5.85. The van der Waals surface area contributed by atoms with E-state index in [-0.39, 0.29) is 11.6 Å². The van der Waals surface area contributed by atoms with E-state index in [1.807, 2.05) is 24.3 Å². The second-order valence-electron chi connectivity index (χ2n) is 5.82. The molecule has 0 spiro atoms. The number of anilines is 1. The first-order valence-corrected chi connectivity index (χ1v) is 8.23. The first-order chi connectivity index (χ1) is 9.48. The molecule has 0 amide bonds. The Morgan fingerprint density at radius 1 is 1.45 bits per heavy atom. The van der Waals surface area contributed by atoms with E-state index in [4.69, 9.17) is 9.73 Å². The Kier molecular flexibility index (Phi) is 4.97. The predicted octanol–water partition coefficient (Wildman–Crippen LogP) is 4.55. The summed E-state index contributed by atoms with van der Waals surface area (Å²) in [6, 6.07) is 8.10. The van der Waals surface area contributed by atoms with Crippen molar-refractivity contribution in [3.63, 3.8) is 0 Å². The number of nitrogens with zero attached hydrogens (tertiary/aromatic N) is 1. The van der Waals surface area contributed by atoms with Gasteiger partial charge in [0.15, 0.2) is 5.17 Å². The van der Waals surface area contributed by atoms with Crippen molar-refractivity contribution in [2.45, 2.75) is 52.2 Å². The summed E-state index contributed by atoms with van der Waals surface area (Å²) < 4.78 is 5.85. The van der Waals surface area contributed by atoms with Crippen molar-refractivity contribution >= 4 is 22.6 Å². The second-order valence-corrected chi connectivity index (χ2v) is 6.90. The van der Waals surface area contributed by atoms with Crippen LogP contribution in [0.5, 0.6) is 5.75 Å². The number of rotatable bonds is 4. The van der Waals surface area contributed by atoms with Crippen LogP contribution in [0.3, 0.4) is 0 Å². The van der Waals surface area contributed by atoms with Gasteiger partial charge >= 0.3 is 0 Å². The van der Waals surface area contributed by atoms with Crippen molar-refractivity contribution in [2.75, 3.05) is 11.1 Å². The molecule has 110 valence electrons. The Balaban J connectivity index is 2.06. The van der Waals surface area contributed by atoms with E-state index in [0.717, 1.165) is 35.2 Å². The summed E-state index contributed by atoms with van der Waals surface area (Å²) in [4.78, 5) is 4.74. The molecule has 0 fully saturated rings. The number of aliphatic imine (C=N–C) groups is 1. The zero-order valence-electron chi connectivity index (χ0n) is 12.8. The van der Waals surface area contributed by atoms with Gasteiger partial charge in [-0.2, -0.15) is 0 Å². The lowest BCUT2D eigenvalue weighted by Gasteiger charge is -2.26. The molecule has 20 heavy (non-hydrogen) atoms. The number of ether oxygens (including phenoxy) is 1. The van der Waals surface area contributed by atoms with Crippen LogP contribution in [0.4, 0.5) is 5.69 Å². The van der Waals surface area contributed by atoms with Crippen LogP contribution in [0.25, 0.3) is 0 Å². The molecule has 0 radical (unpaired) electrons. The summed E-state index contributed by atoms with van der Waals surface area (Å²) in [7, 11) is 0. The monoisotopic (exact) mass is 292 g/mol. The fourth-order valence-corrected chi connectivity index (χ4v) is 3.21. The highest BCUT2D eigenvalue weighted by Crippen LogP contribution is 2.27. The summed E-state index contributed by atoms with van der Waals surface area (Å²) in [5.74, 6) is 2.02. The minimum absolute atomic E-state index is 0.0401. The second kappa shape index (κ2) is 6.53. The highest BCUT2D eigenvalue weighted by Gasteiger charge is 2.22.